The topological polar surface area (TPSA) is 81.7 Å². The van der Waals surface area contributed by atoms with Gasteiger partial charge >= 0.3 is 12.1 Å². The number of carbonyl (C=O) groups excluding carboxylic acids is 3. The maximum absolute atomic E-state index is 13.5. The molecule has 1 aliphatic carbocycles. The number of rotatable bonds is 4. The number of hydrogen-bond acceptors (Lipinski definition) is 5. The predicted molar refractivity (Wildman–Crippen MR) is 107 cm³/mol. The fourth-order valence-electron chi connectivity index (χ4n) is 3.78. The Morgan fingerprint density at radius 1 is 1.03 bits per heavy atom. The van der Waals surface area contributed by atoms with Crippen molar-refractivity contribution in [1.29, 1.82) is 0 Å². The summed E-state index contributed by atoms with van der Waals surface area (Å²) in [4.78, 5) is 39.2. The van der Waals surface area contributed by atoms with Crippen LogP contribution < -0.4 is 5.32 Å². The molecule has 152 valence electrons. The molecule has 0 heterocycles. The van der Waals surface area contributed by atoms with Crippen molar-refractivity contribution >= 4 is 17.8 Å². The van der Waals surface area contributed by atoms with Gasteiger partial charge in [0.2, 0.25) is 0 Å². The van der Waals surface area contributed by atoms with E-state index >= 15 is 0 Å². The molecule has 2 aromatic carbocycles. The second kappa shape index (κ2) is 7.70. The molecule has 0 bridgehead atoms. The predicted octanol–water partition coefficient (Wildman–Crippen LogP) is 3.85. The zero-order valence-electron chi connectivity index (χ0n) is 17.0. The van der Waals surface area contributed by atoms with Crippen molar-refractivity contribution in [2.75, 3.05) is 7.11 Å². The molecule has 1 amide bonds. The van der Waals surface area contributed by atoms with Gasteiger partial charge < -0.3 is 14.8 Å². The van der Waals surface area contributed by atoms with Crippen molar-refractivity contribution in [2.45, 2.75) is 38.8 Å². The SMILES string of the molecule is COC(=O)[C@@]1([C@@H](NC(=O)OC(C)(C)C)c2ccccc2)Cc2ccccc2C1=O. The van der Waals surface area contributed by atoms with Crippen molar-refractivity contribution in [3.8, 4) is 0 Å². The molecule has 29 heavy (non-hydrogen) atoms. The molecule has 0 saturated carbocycles. The highest BCUT2D eigenvalue weighted by molar-refractivity contribution is 6.17. The summed E-state index contributed by atoms with van der Waals surface area (Å²) in [5, 5.41) is 2.77. The van der Waals surface area contributed by atoms with Crippen LogP contribution in [-0.4, -0.2) is 30.6 Å². The number of fused-ring (bicyclic) bond motifs is 1. The average Bonchev–Trinajstić information content (AvgIpc) is 2.98. The number of nitrogens with one attached hydrogen (secondary N) is 1. The molecule has 6 heteroatoms. The Hall–Kier alpha value is -3.15. The zero-order valence-corrected chi connectivity index (χ0v) is 17.0. The van der Waals surface area contributed by atoms with Crippen LogP contribution in [0.4, 0.5) is 4.79 Å². The molecule has 0 aromatic heterocycles. The summed E-state index contributed by atoms with van der Waals surface area (Å²) in [6.45, 7) is 5.24. The maximum Gasteiger partial charge on any atom is 0.408 e. The van der Waals surface area contributed by atoms with Gasteiger partial charge in [0.05, 0.1) is 13.2 Å². The number of ether oxygens (including phenoxy) is 2. The van der Waals surface area contributed by atoms with E-state index in [1.807, 2.05) is 18.2 Å². The molecule has 0 spiro atoms. The molecular formula is C23H25NO5. The molecule has 0 radical (unpaired) electrons. The van der Waals surface area contributed by atoms with E-state index in [2.05, 4.69) is 5.32 Å². The number of amides is 1. The van der Waals surface area contributed by atoms with E-state index in [1.54, 1.807) is 57.2 Å². The number of ketones is 1. The van der Waals surface area contributed by atoms with Crippen LogP contribution in [0, 0.1) is 5.41 Å². The fraction of sp³-hybridized carbons (Fsp3) is 0.348. The number of Topliss-reactive ketones (excluding diaryl/α,β-unsaturated/α-hetero) is 1. The van der Waals surface area contributed by atoms with E-state index in [0.29, 0.717) is 11.1 Å². The molecule has 1 N–H and O–H groups in total. The summed E-state index contributed by atoms with van der Waals surface area (Å²) in [6, 6.07) is 15.1. The molecule has 3 rings (SSSR count). The van der Waals surface area contributed by atoms with Crippen molar-refractivity contribution in [2.24, 2.45) is 5.41 Å². The second-order valence-electron chi connectivity index (χ2n) is 8.12. The Labute approximate surface area is 170 Å². The molecule has 1 aliphatic rings. The molecule has 0 aliphatic heterocycles. The lowest BCUT2D eigenvalue weighted by Gasteiger charge is -2.35. The van der Waals surface area contributed by atoms with Crippen LogP contribution in [0.15, 0.2) is 54.6 Å². The van der Waals surface area contributed by atoms with Crippen LogP contribution >= 0.6 is 0 Å². The van der Waals surface area contributed by atoms with Gasteiger partial charge in [-0.05, 0) is 38.3 Å². The largest absolute Gasteiger partial charge is 0.468 e. The van der Waals surface area contributed by atoms with Gasteiger partial charge in [-0.3, -0.25) is 9.59 Å². The summed E-state index contributed by atoms with van der Waals surface area (Å²) < 4.78 is 10.5. The lowest BCUT2D eigenvalue weighted by atomic mass is 9.73. The van der Waals surface area contributed by atoms with E-state index in [-0.39, 0.29) is 12.2 Å². The number of esters is 1. The first-order valence-corrected chi connectivity index (χ1v) is 9.44. The molecule has 0 fully saturated rings. The van der Waals surface area contributed by atoms with E-state index < -0.39 is 29.1 Å². The third kappa shape index (κ3) is 3.88. The molecule has 6 nitrogen and oxygen atoms in total. The Balaban J connectivity index is 2.12. The van der Waals surface area contributed by atoms with Crippen molar-refractivity contribution in [3.63, 3.8) is 0 Å². The van der Waals surface area contributed by atoms with Crippen LogP contribution in [0.3, 0.4) is 0 Å². The zero-order chi connectivity index (χ0) is 21.2. The quantitative estimate of drug-likeness (QED) is 0.628. The normalized spacial score (nSPS) is 19.2. The van der Waals surface area contributed by atoms with Gasteiger partial charge in [0.1, 0.15) is 5.60 Å². The third-order valence-corrected chi connectivity index (χ3v) is 4.97. The number of hydrogen-bond donors (Lipinski definition) is 1. The molecule has 2 aromatic rings. The minimum Gasteiger partial charge on any atom is -0.468 e. The lowest BCUT2D eigenvalue weighted by Crippen LogP contribution is -2.51. The monoisotopic (exact) mass is 395 g/mol. The third-order valence-electron chi connectivity index (χ3n) is 4.97. The number of alkyl carbamates (subject to hydrolysis) is 1. The van der Waals surface area contributed by atoms with E-state index in [9.17, 15) is 14.4 Å². The van der Waals surface area contributed by atoms with Gasteiger partial charge in [0, 0.05) is 5.56 Å². The minimum atomic E-state index is -1.61. The fourth-order valence-corrected chi connectivity index (χ4v) is 3.78. The van der Waals surface area contributed by atoms with Crippen LogP contribution in [0.1, 0.15) is 48.3 Å². The summed E-state index contributed by atoms with van der Waals surface area (Å²) in [7, 11) is 1.25. The highest BCUT2D eigenvalue weighted by Gasteiger charge is 2.58. The second-order valence-corrected chi connectivity index (χ2v) is 8.12. The Morgan fingerprint density at radius 3 is 2.24 bits per heavy atom. The van der Waals surface area contributed by atoms with Crippen LogP contribution in [-0.2, 0) is 20.7 Å². The number of benzene rings is 2. The summed E-state index contributed by atoms with van der Waals surface area (Å²) >= 11 is 0. The standard InChI is InChI=1S/C23H25NO5/c1-22(2,3)29-21(27)24-18(15-10-6-5-7-11-15)23(20(26)28-4)14-16-12-8-9-13-17(16)19(23)25/h5-13,18H,14H2,1-4H3,(H,24,27)/t18-,23+/m0/s1. The summed E-state index contributed by atoms with van der Waals surface area (Å²) in [6.07, 6.45) is -0.581. The van der Waals surface area contributed by atoms with Gasteiger partial charge in [-0.15, -0.1) is 0 Å². The lowest BCUT2D eigenvalue weighted by molar-refractivity contribution is -0.151. The average molecular weight is 395 g/mol. The van der Waals surface area contributed by atoms with Crippen molar-refractivity contribution < 1.29 is 23.9 Å². The Bertz CT molecular complexity index is 932. The highest BCUT2D eigenvalue weighted by atomic mass is 16.6. The van der Waals surface area contributed by atoms with Gasteiger partial charge in [0.25, 0.3) is 0 Å². The van der Waals surface area contributed by atoms with Crippen molar-refractivity contribution in [1.82, 2.24) is 5.32 Å². The number of carbonyl (C=O) groups is 3. The minimum absolute atomic E-state index is 0.129. The van der Waals surface area contributed by atoms with E-state index in [4.69, 9.17) is 9.47 Å². The van der Waals surface area contributed by atoms with Gasteiger partial charge in [-0.25, -0.2) is 4.79 Å². The van der Waals surface area contributed by atoms with Gasteiger partial charge in [-0.1, -0.05) is 54.6 Å². The smallest absolute Gasteiger partial charge is 0.408 e. The van der Waals surface area contributed by atoms with Gasteiger partial charge in [-0.2, -0.15) is 0 Å². The first-order chi connectivity index (χ1) is 13.7. The Morgan fingerprint density at radius 2 is 1.66 bits per heavy atom. The number of methoxy groups -OCH3 is 1. The van der Waals surface area contributed by atoms with Crippen molar-refractivity contribution in [3.05, 3.63) is 71.3 Å². The summed E-state index contributed by atoms with van der Waals surface area (Å²) in [5.74, 6) is -1.06. The molecule has 0 unspecified atom stereocenters. The first-order valence-electron chi connectivity index (χ1n) is 9.44. The van der Waals surface area contributed by atoms with Crippen LogP contribution in [0.5, 0.6) is 0 Å². The molecule has 0 saturated heterocycles. The summed E-state index contributed by atoms with van der Waals surface area (Å²) in [5.41, 5.74) is -0.520. The Kier molecular flexibility index (Phi) is 5.46. The van der Waals surface area contributed by atoms with Crippen LogP contribution in [0.2, 0.25) is 0 Å². The van der Waals surface area contributed by atoms with E-state index in [1.165, 1.54) is 7.11 Å². The highest BCUT2D eigenvalue weighted by Crippen LogP contribution is 2.47. The first kappa shape index (κ1) is 20.6. The van der Waals surface area contributed by atoms with Gasteiger partial charge in [0.15, 0.2) is 11.2 Å². The molecule has 2 atom stereocenters. The van der Waals surface area contributed by atoms with E-state index in [0.717, 1.165) is 5.56 Å². The molecular weight excluding hydrogens is 370 g/mol. The van der Waals surface area contributed by atoms with Crippen LogP contribution in [0.25, 0.3) is 0 Å². The maximum atomic E-state index is 13.5.